The van der Waals surface area contributed by atoms with Crippen molar-refractivity contribution in [3.63, 3.8) is 0 Å². The highest BCUT2D eigenvalue weighted by Crippen LogP contribution is 2.34. The third kappa shape index (κ3) is 5.39. The normalized spacial score (nSPS) is 12.8. The Bertz CT molecular complexity index is 834. The smallest absolute Gasteiger partial charge is 0.416 e. The van der Waals surface area contributed by atoms with Gasteiger partial charge in [-0.2, -0.15) is 13.2 Å². The molecule has 1 amide bonds. The number of alkyl halides is 3. The van der Waals surface area contributed by atoms with Crippen molar-refractivity contribution in [1.29, 1.82) is 0 Å². The molecule has 0 bridgehead atoms. The quantitative estimate of drug-likeness (QED) is 0.650. The molecule has 0 aromatic heterocycles. The molecule has 0 aliphatic rings. The number of carbonyl (C=O) groups is 1. The molecular weight excluding hydrogens is 379 g/mol. The average molecular weight is 400 g/mol. The van der Waals surface area contributed by atoms with Crippen molar-refractivity contribution >= 4 is 23.2 Å². The van der Waals surface area contributed by atoms with E-state index in [4.69, 9.17) is 16.3 Å². The molecule has 1 N–H and O–H groups in total. The van der Waals surface area contributed by atoms with Crippen LogP contribution in [0.15, 0.2) is 36.4 Å². The van der Waals surface area contributed by atoms with Crippen LogP contribution in [0.1, 0.15) is 43.4 Å². The fourth-order valence-electron chi connectivity index (χ4n) is 2.66. The molecule has 0 saturated carbocycles. The van der Waals surface area contributed by atoms with E-state index < -0.39 is 23.8 Å². The van der Waals surface area contributed by atoms with E-state index in [0.29, 0.717) is 11.7 Å². The van der Waals surface area contributed by atoms with Crippen molar-refractivity contribution in [2.24, 2.45) is 0 Å². The van der Waals surface area contributed by atoms with E-state index in [1.165, 1.54) is 12.5 Å². The number of aryl methyl sites for hydroxylation is 1. The molecule has 7 heteroatoms. The molecule has 2 rings (SSSR count). The molecule has 0 radical (unpaired) electrons. The summed E-state index contributed by atoms with van der Waals surface area (Å²) in [5, 5.41) is 2.41. The second-order valence-corrected chi connectivity index (χ2v) is 7.02. The lowest BCUT2D eigenvalue weighted by Crippen LogP contribution is -2.30. The Kier molecular flexibility index (Phi) is 6.42. The number of anilines is 1. The zero-order valence-corrected chi connectivity index (χ0v) is 16.2. The summed E-state index contributed by atoms with van der Waals surface area (Å²) in [6.45, 7) is 7.63. The first-order valence-electron chi connectivity index (χ1n) is 8.44. The summed E-state index contributed by atoms with van der Waals surface area (Å²) >= 11 is 5.90. The SMILES string of the molecule is Cc1cc(OC(C)C(=O)Nc2cc(C(F)(F)F)ccc2Cl)ccc1C(C)C. The summed E-state index contributed by atoms with van der Waals surface area (Å²) in [5.74, 6) is 0.277. The van der Waals surface area contributed by atoms with Crippen LogP contribution in [0.3, 0.4) is 0 Å². The second kappa shape index (κ2) is 8.21. The Balaban J connectivity index is 2.11. The van der Waals surface area contributed by atoms with E-state index >= 15 is 0 Å². The van der Waals surface area contributed by atoms with Gasteiger partial charge in [0.05, 0.1) is 16.3 Å². The van der Waals surface area contributed by atoms with Gasteiger partial charge in [-0.05, 0) is 61.2 Å². The Morgan fingerprint density at radius 2 is 1.78 bits per heavy atom. The van der Waals surface area contributed by atoms with Crippen LogP contribution in [0, 0.1) is 6.92 Å². The van der Waals surface area contributed by atoms with Gasteiger partial charge in [-0.1, -0.05) is 31.5 Å². The first kappa shape index (κ1) is 21.1. The molecule has 0 aliphatic heterocycles. The van der Waals surface area contributed by atoms with E-state index in [1.807, 2.05) is 19.1 Å². The summed E-state index contributed by atoms with van der Waals surface area (Å²) in [6, 6.07) is 8.29. The van der Waals surface area contributed by atoms with E-state index in [9.17, 15) is 18.0 Å². The molecule has 27 heavy (non-hydrogen) atoms. The number of benzene rings is 2. The monoisotopic (exact) mass is 399 g/mol. The van der Waals surface area contributed by atoms with Gasteiger partial charge >= 0.3 is 6.18 Å². The van der Waals surface area contributed by atoms with Crippen LogP contribution in [-0.4, -0.2) is 12.0 Å². The van der Waals surface area contributed by atoms with Crippen LogP contribution >= 0.6 is 11.6 Å². The van der Waals surface area contributed by atoms with E-state index in [2.05, 4.69) is 19.2 Å². The molecule has 0 spiro atoms. The highest BCUT2D eigenvalue weighted by atomic mass is 35.5. The maximum atomic E-state index is 12.8. The summed E-state index contributed by atoms with van der Waals surface area (Å²) < 4.78 is 44.1. The number of amides is 1. The molecule has 1 atom stereocenters. The maximum absolute atomic E-state index is 12.8. The molecule has 0 aliphatic carbocycles. The van der Waals surface area contributed by atoms with Crippen LogP contribution < -0.4 is 10.1 Å². The van der Waals surface area contributed by atoms with Crippen LogP contribution in [0.4, 0.5) is 18.9 Å². The lowest BCUT2D eigenvalue weighted by atomic mass is 9.98. The van der Waals surface area contributed by atoms with Crippen LogP contribution in [0.5, 0.6) is 5.75 Å². The van der Waals surface area contributed by atoms with Gasteiger partial charge in [0, 0.05) is 0 Å². The zero-order chi connectivity index (χ0) is 20.4. The minimum absolute atomic E-state index is 0.0145. The largest absolute Gasteiger partial charge is 0.481 e. The van der Waals surface area contributed by atoms with Crippen molar-refractivity contribution in [2.45, 2.75) is 45.9 Å². The molecule has 2 aromatic rings. The highest BCUT2D eigenvalue weighted by Gasteiger charge is 2.31. The molecule has 3 nitrogen and oxygen atoms in total. The van der Waals surface area contributed by atoms with Gasteiger partial charge in [-0.3, -0.25) is 4.79 Å². The first-order chi connectivity index (χ1) is 12.5. The highest BCUT2D eigenvalue weighted by molar-refractivity contribution is 6.33. The standard InChI is InChI=1S/C20H21ClF3NO2/c1-11(2)16-7-6-15(9-12(16)3)27-13(4)19(26)25-18-10-14(20(22,23)24)5-8-17(18)21/h5-11,13H,1-4H3,(H,25,26). The van der Waals surface area contributed by atoms with Gasteiger partial charge in [0.15, 0.2) is 6.10 Å². The zero-order valence-electron chi connectivity index (χ0n) is 15.4. The molecule has 0 fully saturated rings. The van der Waals surface area contributed by atoms with Crippen molar-refractivity contribution in [1.82, 2.24) is 0 Å². The van der Waals surface area contributed by atoms with E-state index in [-0.39, 0.29) is 10.7 Å². The molecule has 1 unspecified atom stereocenters. The third-order valence-corrected chi connectivity index (χ3v) is 4.43. The van der Waals surface area contributed by atoms with Crippen LogP contribution in [-0.2, 0) is 11.0 Å². The average Bonchev–Trinajstić information content (AvgIpc) is 2.55. The Morgan fingerprint density at radius 3 is 2.33 bits per heavy atom. The van der Waals surface area contributed by atoms with Crippen molar-refractivity contribution in [3.05, 3.63) is 58.1 Å². The number of carbonyl (C=O) groups excluding carboxylic acids is 1. The summed E-state index contributed by atoms with van der Waals surface area (Å²) in [7, 11) is 0. The third-order valence-electron chi connectivity index (χ3n) is 4.10. The Hall–Kier alpha value is -2.21. The van der Waals surface area contributed by atoms with Crippen LogP contribution in [0.2, 0.25) is 5.02 Å². The number of ether oxygens (including phenoxy) is 1. The van der Waals surface area contributed by atoms with Crippen LogP contribution in [0.25, 0.3) is 0 Å². The first-order valence-corrected chi connectivity index (χ1v) is 8.81. The predicted octanol–water partition coefficient (Wildman–Crippen LogP) is 6.20. The van der Waals surface area contributed by atoms with Gasteiger partial charge < -0.3 is 10.1 Å². The lowest BCUT2D eigenvalue weighted by Gasteiger charge is -2.18. The lowest BCUT2D eigenvalue weighted by molar-refractivity contribution is -0.137. The Labute approximate surface area is 161 Å². The van der Waals surface area contributed by atoms with E-state index in [0.717, 1.165) is 23.8 Å². The van der Waals surface area contributed by atoms with Gasteiger partial charge in [-0.25, -0.2) is 0 Å². The number of rotatable bonds is 5. The fourth-order valence-corrected chi connectivity index (χ4v) is 2.82. The van der Waals surface area contributed by atoms with Gasteiger partial charge in [0.1, 0.15) is 5.75 Å². The maximum Gasteiger partial charge on any atom is 0.416 e. The summed E-state index contributed by atoms with van der Waals surface area (Å²) in [5.41, 5.74) is 1.21. The van der Waals surface area contributed by atoms with Gasteiger partial charge in [-0.15, -0.1) is 0 Å². The fraction of sp³-hybridized carbons (Fsp3) is 0.350. The number of halogens is 4. The predicted molar refractivity (Wildman–Crippen MR) is 100 cm³/mol. The van der Waals surface area contributed by atoms with Gasteiger partial charge in [0.2, 0.25) is 0 Å². The molecule has 0 heterocycles. The molecule has 2 aromatic carbocycles. The minimum Gasteiger partial charge on any atom is -0.481 e. The second-order valence-electron chi connectivity index (χ2n) is 6.61. The minimum atomic E-state index is -4.53. The molecular formula is C20H21ClF3NO2. The molecule has 0 saturated heterocycles. The topological polar surface area (TPSA) is 38.3 Å². The molecule has 146 valence electrons. The van der Waals surface area contributed by atoms with E-state index in [1.54, 1.807) is 6.07 Å². The van der Waals surface area contributed by atoms with Crippen molar-refractivity contribution < 1.29 is 22.7 Å². The summed E-state index contributed by atoms with van der Waals surface area (Å²) in [6.07, 6.45) is -5.44. The van der Waals surface area contributed by atoms with Gasteiger partial charge in [0.25, 0.3) is 5.91 Å². The number of hydrogen-bond acceptors (Lipinski definition) is 2. The van der Waals surface area contributed by atoms with Crippen molar-refractivity contribution in [3.8, 4) is 5.75 Å². The summed E-state index contributed by atoms with van der Waals surface area (Å²) in [4.78, 5) is 12.3. The Morgan fingerprint density at radius 1 is 1.11 bits per heavy atom. The van der Waals surface area contributed by atoms with Crippen molar-refractivity contribution in [2.75, 3.05) is 5.32 Å². The number of nitrogens with one attached hydrogen (secondary N) is 1. The number of hydrogen-bond donors (Lipinski definition) is 1.